The lowest BCUT2D eigenvalue weighted by atomic mass is 9.91. The third kappa shape index (κ3) is 3.61. The number of carbonyl (C=O) groups excluding carboxylic acids is 1. The summed E-state index contributed by atoms with van der Waals surface area (Å²) >= 11 is 0. The predicted molar refractivity (Wildman–Crippen MR) is 76.7 cm³/mol. The highest BCUT2D eigenvalue weighted by Gasteiger charge is 2.23. The summed E-state index contributed by atoms with van der Waals surface area (Å²) in [5.41, 5.74) is 0.696. The highest BCUT2D eigenvalue weighted by Crippen LogP contribution is 2.29. The number of hydrogen-bond donors (Lipinski definition) is 1. The number of Topliss-reactive ketones (excluding diaryl/α,β-unsaturated/α-hetero) is 1. The summed E-state index contributed by atoms with van der Waals surface area (Å²) in [6, 6.07) is 5.34. The maximum Gasteiger partial charge on any atom is 0.167 e. The van der Waals surface area contributed by atoms with Crippen molar-refractivity contribution in [3.63, 3.8) is 0 Å². The van der Waals surface area contributed by atoms with Gasteiger partial charge in [-0.1, -0.05) is 0 Å². The van der Waals surface area contributed by atoms with Gasteiger partial charge in [-0.25, -0.2) is 0 Å². The lowest BCUT2D eigenvalue weighted by molar-refractivity contribution is 0.0899. The molecule has 1 N–H and O–H groups in total. The molecule has 0 saturated carbocycles. The summed E-state index contributed by atoms with van der Waals surface area (Å²) < 4.78 is 10.4. The van der Waals surface area contributed by atoms with E-state index < -0.39 is 0 Å². The van der Waals surface area contributed by atoms with Crippen molar-refractivity contribution >= 4 is 18.2 Å². The molecule has 1 aromatic carbocycles. The lowest BCUT2D eigenvalue weighted by Gasteiger charge is -2.21. The van der Waals surface area contributed by atoms with Crippen molar-refractivity contribution in [1.82, 2.24) is 5.32 Å². The van der Waals surface area contributed by atoms with Gasteiger partial charge in [0.2, 0.25) is 0 Å². The third-order valence-electron chi connectivity index (χ3n) is 3.34. The average Bonchev–Trinajstić information content (AvgIpc) is 2.46. The summed E-state index contributed by atoms with van der Waals surface area (Å²) in [5, 5.41) is 3.26. The van der Waals surface area contributed by atoms with E-state index in [4.69, 9.17) is 9.47 Å². The lowest BCUT2D eigenvalue weighted by Crippen LogP contribution is -2.34. The number of benzene rings is 1. The quantitative estimate of drug-likeness (QED) is 0.863. The van der Waals surface area contributed by atoms with Crippen molar-refractivity contribution in [2.24, 2.45) is 5.92 Å². The number of carbonyl (C=O) groups is 1. The second kappa shape index (κ2) is 7.36. The fourth-order valence-corrected chi connectivity index (χ4v) is 2.30. The van der Waals surface area contributed by atoms with Crippen molar-refractivity contribution in [1.29, 1.82) is 0 Å². The molecule has 0 radical (unpaired) electrons. The van der Waals surface area contributed by atoms with E-state index >= 15 is 0 Å². The summed E-state index contributed by atoms with van der Waals surface area (Å²) in [5.74, 6) is 1.52. The van der Waals surface area contributed by atoms with Crippen LogP contribution in [0.4, 0.5) is 0 Å². The standard InChI is InChI=1S/C14H19NO3.ClH/c1-17-12-6-5-10(8-13(12)18-2)14(16)11-4-3-7-15-9-11;/h5-6,8,11,15H,3-4,7,9H2,1-2H3;1H. The van der Waals surface area contributed by atoms with Gasteiger partial charge in [0, 0.05) is 18.0 Å². The van der Waals surface area contributed by atoms with Gasteiger partial charge in [-0.05, 0) is 37.6 Å². The van der Waals surface area contributed by atoms with Crippen molar-refractivity contribution < 1.29 is 14.3 Å². The Morgan fingerprint density at radius 2 is 2.00 bits per heavy atom. The van der Waals surface area contributed by atoms with E-state index in [1.807, 2.05) is 0 Å². The van der Waals surface area contributed by atoms with E-state index in [1.165, 1.54) is 0 Å². The first kappa shape index (κ1) is 15.8. The number of halogens is 1. The summed E-state index contributed by atoms with van der Waals surface area (Å²) in [6.45, 7) is 1.78. The summed E-state index contributed by atoms with van der Waals surface area (Å²) in [6.07, 6.45) is 2.02. The first-order valence-electron chi connectivity index (χ1n) is 6.23. The molecule has 1 fully saturated rings. The van der Waals surface area contributed by atoms with Crippen molar-refractivity contribution in [2.45, 2.75) is 12.8 Å². The molecule has 2 rings (SSSR count). The number of hydrogen-bond acceptors (Lipinski definition) is 4. The van der Waals surface area contributed by atoms with Crippen LogP contribution in [0.2, 0.25) is 0 Å². The Morgan fingerprint density at radius 1 is 1.26 bits per heavy atom. The minimum absolute atomic E-state index is 0. The zero-order valence-corrected chi connectivity index (χ0v) is 12.1. The van der Waals surface area contributed by atoms with Gasteiger partial charge in [-0.3, -0.25) is 4.79 Å². The smallest absolute Gasteiger partial charge is 0.167 e. The van der Waals surface area contributed by atoms with Crippen LogP contribution in [0.1, 0.15) is 23.2 Å². The van der Waals surface area contributed by atoms with Gasteiger partial charge in [-0.2, -0.15) is 0 Å². The number of nitrogens with one attached hydrogen (secondary N) is 1. The minimum Gasteiger partial charge on any atom is -0.493 e. The van der Waals surface area contributed by atoms with Crippen LogP contribution >= 0.6 is 12.4 Å². The Hall–Kier alpha value is -1.26. The van der Waals surface area contributed by atoms with E-state index in [-0.39, 0.29) is 24.1 Å². The van der Waals surface area contributed by atoms with Gasteiger partial charge in [0.1, 0.15) is 0 Å². The van der Waals surface area contributed by atoms with Crippen molar-refractivity contribution in [3.8, 4) is 11.5 Å². The van der Waals surface area contributed by atoms with Gasteiger partial charge >= 0.3 is 0 Å². The first-order chi connectivity index (χ1) is 8.76. The van der Waals surface area contributed by atoms with E-state index in [0.717, 1.165) is 25.9 Å². The Morgan fingerprint density at radius 3 is 2.58 bits per heavy atom. The molecule has 1 atom stereocenters. The largest absolute Gasteiger partial charge is 0.493 e. The molecule has 1 aliphatic heterocycles. The van der Waals surface area contributed by atoms with Gasteiger partial charge in [0.25, 0.3) is 0 Å². The van der Waals surface area contributed by atoms with Crippen LogP contribution in [0.5, 0.6) is 11.5 Å². The van der Waals surface area contributed by atoms with Crippen molar-refractivity contribution in [3.05, 3.63) is 23.8 Å². The number of ether oxygens (including phenoxy) is 2. The zero-order valence-electron chi connectivity index (χ0n) is 11.3. The molecule has 1 aromatic rings. The predicted octanol–water partition coefficient (Wildman–Crippen LogP) is 2.31. The molecule has 0 bridgehead atoms. The molecule has 1 unspecified atom stereocenters. The topological polar surface area (TPSA) is 47.6 Å². The molecule has 0 aliphatic carbocycles. The van der Waals surface area contributed by atoms with Gasteiger partial charge in [0.05, 0.1) is 14.2 Å². The van der Waals surface area contributed by atoms with Crippen LogP contribution in [0.25, 0.3) is 0 Å². The minimum atomic E-state index is 0. The molecule has 1 heterocycles. The SMILES string of the molecule is COc1ccc(C(=O)C2CCCNC2)cc1OC.Cl. The van der Waals surface area contributed by atoms with Gasteiger partial charge in [0.15, 0.2) is 17.3 Å². The maximum absolute atomic E-state index is 12.3. The first-order valence-corrected chi connectivity index (χ1v) is 6.23. The molecule has 5 heteroatoms. The number of piperidine rings is 1. The zero-order chi connectivity index (χ0) is 13.0. The fourth-order valence-electron chi connectivity index (χ4n) is 2.30. The highest BCUT2D eigenvalue weighted by atomic mass is 35.5. The van der Waals surface area contributed by atoms with Crippen LogP contribution in [-0.2, 0) is 0 Å². The Kier molecular flexibility index (Phi) is 6.12. The fraction of sp³-hybridized carbons (Fsp3) is 0.500. The number of ketones is 1. The molecular formula is C14H20ClNO3. The Bertz CT molecular complexity index is 431. The highest BCUT2D eigenvalue weighted by molar-refractivity contribution is 5.98. The molecule has 106 valence electrons. The normalized spacial score (nSPS) is 18.3. The number of methoxy groups -OCH3 is 2. The molecule has 19 heavy (non-hydrogen) atoms. The molecular weight excluding hydrogens is 266 g/mol. The van der Waals surface area contributed by atoms with E-state index in [1.54, 1.807) is 32.4 Å². The average molecular weight is 286 g/mol. The Balaban J connectivity index is 0.00000180. The maximum atomic E-state index is 12.3. The Labute approximate surface area is 119 Å². The molecule has 0 amide bonds. The summed E-state index contributed by atoms with van der Waals surface area (Å²) in [7, 11) is 3.17. The second-order valence-electron chi connectivity index (χ2n) is 4.48. The molecule has 1 aliphatic rings. The molecule has 4 nitrogen and oxygen atoms in total. The molecule has 1 saturated heterocycles. The molecule has 0 spiro atoms. The van der Waals surface area contributed by atoms with Crippen molar-refractivity contribution in [2.75, 3.05) is 27.3 Å². The third-order valence-corrected chi connectivity index (χ3v) is 3.34. The van der Waals surface area contributed by atoms with Gasteiger partial charge < -0.3 is 14.8 Å². The van der Waals surface area contributed by atoms with Crippen LogP contribution in [-0.4, -0.2) is 33.1 Å². The van der Waals surface area contributed by atoms with E-state index in [9.17, 15) is 4.79 Å². The second-order valence-corrected chi connectivity index (χ2v) is 4.48. The van der Waals surface area contributed by atoms with Crippen LogP contribution in [0, 0.1) is 5.92 Å². The van der Waals surface area contributed by atoms with Gasteiger partial charge in [-0.15, -0.1) is 12.4 Å². The number of rotatable bonds is 4. The monoisotopic (exact) mass is 285 g/mol. The van der Waals surface area contributed by atoms with E-state index in [2.05, 4.69) is 5.32 Å². The van der Waals surface area contributed by atoms with Crippen LogP contribution < -0.4 is 14.8 Å². The van der Waals surface area contributed by atoms with Crippen LogP contribution in [0.3, 0.4) is 0 Å². The van der Waals surface area contributed by atoms with E-state index in [0.29, 0.717) is 17.1 Å². The summed E-state index contributed by atoms with van der Waals surface area (Å²) in [4.78, 5) is 12.3. The molecule has 0 aromatic heterocycles. The van der Waals surface area contributed by atoms with Crippen LogP contribution in [0.15, 0.2) is 18.2 Å².